The standard InChI is InChI=1S/C22H30N4O2.C2H6/c1-18-6-4-13-24(18)14-5-15-28-21-9-7-20(8-10-21)26-17-19(16-23-26)22(27)25-11-2-3-12-25;1-2/h7-10,16-18H,2-6,11-15H2,1H3;1-2H3. The molecule has 1 aromatic heterocycles. The van der Waals surface area contributed by atoms with E-state index in [1.54, 1.807) is 10.9 Å². The number of nitrogens with zero attached hydrogens (tertiary/aromatic N) is 4. The monoisotopic (exact) mass is 412 g/mol. The summed E-state index contributed by atoms with van der Waals surface area (Å²) in [6.45, 7) is 11.1. The number of amides is 1. The van der Waals surface area contributed by atoms with Crippen molar-refractivity contribution < 1.29 is 9.53 Å². The first-order chi connectivity index (χ1) is 14.7. The Hall–Kier alpha value is -2.34. The van der Waals surface area contributed by atoms with Gasteiger partial charge in [0, 0.05) is 31.9 Å². The maximum Gasteiger partial charge on any atom is 0.257 e. The number of benzene rings is 1. The summed E-state index contributed by atoms with van der Waals surface area (Å²) in [4.78, 5) is 16.9. The summed E-state index contributed by atoms with van der Waals surface area (Å²) in [6, 6.07) is 8.62. The zero-order valence-electron chi connectivity index (χ0n) is 18.7. The Morgan fingerprint density at radius 3 is 2.50 bits per heavy atom. The fourth-order valence-electron chi connectivity index (χ4n) is 4.15. The summed E-state index contributed by atoms with van der Waals surface area (Å²) >= 11 is 0. The predicted molar refractivity (Wildman–Crippen MR) is 120 cm³/mol. The Morgan fingerprint density at radius 2 is 1.83 bits per heavy atom. The molecule has 1 aromatic carbocycles. The first-order valence-electron chi connectivity index (χ1n) is 11.5. The lowest BCUT2D eigenvalue weighted by atomic mass is 10.2. The summed E-state index contributed by atoms with van der Waals surface area (Å²) in [5.41, 5.74) is 1.58. The highest BCUT2D eigenvalue weighted by Crippen LogP contribution is 2.19. The lowest BCUT2D eigenvalue weighted by molar-refractivity contribution is 0.0793. The minimum Gasteiger partial charge on any atom is -0.494 e. The molecule has 2 saturated heterocycles. The average molecular weight is 413 g/mol. The van der Waals surface area contributed by atoms with E-state index < -0.39 is 0 Å². The molecular formula is C24H36N4O2. The molecular weight excluding hydrogens is 376 g/mol. The van der Waals surface area contributed by atoms with Crippen LogP contribution in [0.3, 0.4) is 0 Å². The van der Waals surface area contributed by atoms with Crippen LogP contribution in [0.2, 0.25) is 0 Å². The van der Waals surface area contributed by atoms with E-state index in [9.17, 15) is 4.79 Å². The highest BCUT2D eigenvalue weighted by molar-refractivity contribution is 5.94. The minimum absolute atomic E-state index is 0.0797. The van der Waals surface area contributed by atoms with Gasteiger partial charge in [-0.3, -0.25) is 4.79 Å². The number of ether oxygens (including phenoxy) is 1. The van der Waals surface area contributed by atoms with Gasteiger partial charge in [0.05, 0.1) is 24.1 Å². The Bertz CT molecular complexity index is 781. The highest BCUT2D eigenvalue weighted by Gasteiger charge is 2.21. The van der Waals surface area contributed by atoms with E-state index in [2.05, 4.69) is 16.9 Å². The Morgan fingerprint density at radius 1 is 1.10 bits per heavy atom. The lowest BCUT2D eigenvalue weighted by Crippen LogP contribution is -2.28. The van der Waals surface area contributed by atoms with Crippen molar-refractivity contribution in [3.8, 4) is 11.4 Å². The number of hydrogen-bond acceptors (Lipinski definition) is 4. The van der Waals surface area contributed by atoms with Gasteiger partial charge in [0.1, 0.15) is 5.75 Å². The van der Waals surface area contributed by atoms with Gasteiger partial charge < -0.3 is 14.5 Å². The zero-order chi connectivity index (χ0) is 21.3. The van der Waals surface area contributed by atoms with Gasteiger partial charge in [-0.25, -0.2) is 4.68 Å². The van der Waals surface area contributed by atoms with Crippen LogP contribution in [-0.2, 0) is 0 Å². The lowest BCUT2D eigenvalue weighted by Gasteiger charge is -2.20. The maximum atomic E-state index is 12.5. The van der Waals surface area contributed by atoms with Gasteiger partial charge in [-0.1, -0.05) is 13.8 Å². The molecule has 0 spiro atoms. The van der Waals surface area contributed by atoms with Crippen LogP contribution in [0.1, 0.15) is 63.2 Å². The Labute approximate surface area is 180 Å². The number of likely N-dealkylation sites (tertiary alicyclic amines) is 2. The highest BCUT2D eigenvalue weighted by atomic mass is 16.5. The molecule has 4 rings (SSSR count). The van der Waals surface area contributed by atoms with Gasteiger partial charge in [0.25, 0.3) is 5.91 Å². The zero-order valence-corrected chi connectivity index (χ0v) is 18.7. The molecule has 2 fully saturated rings. The fraction of sp³-hybridized carbons (Fsp3) is 0.583. The van der Waals surface area contributed by atoms with Crippen molar-refractivity contribution >= 4 is 5.91 Å². The second-order valence-corrected chi connectivity index (χ2v) is 7.90. The van der Waals surface area contributed by atoms with Gasteiger partial charge in [0.2, 0.25) is 0 Å². The van der Waals surface area contributed by atoms with Crippen LogP contribution in [0, 0.1) is 0 Å². The first kappa shape index (κ1) is 22.3. The molecule has 164 valence electrons. The van der Waals surface area contributed by atoms with Crippen LogP contribution < -0.4 is 4.74 Å². The van der Waals surface area contributed by atoms with Crippen molar-refractivity contribution in [3.63, 3.8) is 0 Å². The van der Waals surface area contributed by atoms with Crippen molar-refractivity contribution in [2.75, 3.05) is 32.8 Å². The topological polar surface area (TPSA) is 50.6 Å². The largest absolute Gasteiger partial charge is 0.494 e. The first-order valence-corrected chi connectivity index (χ1v) is 11.5. The van der Waals surface area contributed by atoms with Crippen molar-refractivity contribution in [1.29, 1.82) is 0 Å². The fourth-order valence-corrected chi connectivity index (χ4v) is 4.15. The molecule has 3 heterocycles. The summed E-state index contributed by atoms with van der Waals surface area (Å²) in [6.07, 6.45) is 9.35. The average Bonchev–Trinajstić information content (AvgIpc) is 3.55. The van der Waals surface area contributed by atoms with E-state index >= 15 is 0 Å². The molecule has 30 heavy (non-hydrogen) atoms. The molecule has 0 aliphatic carbocycles. The van der Waals surface area contributed by atoms with Crippen LogP contribution in [0.25, 0.3) is 5.69 Å². The molecule has 1 unspecified atom stereocenters. The minimum atomic E-state index is 0.0797. The predicted octanol–water partition coefficient (Wildman–Crippen LogP) is 4.39. The SMILES string of the molecule is CC.CC1CCCN1CCCOc1ccc(-n2cc(C(=O)N3CCCC3)cn2)cc1. The summed E-state index contributed by atoms with van der Waals surface area (Å²) in [5, 5.41) is 4.36. The quantitative estimate of drug-likeness (QED) is 0.633. The molecule has 1 atom stereocenters. The molecule has 0 saturated carbocycles. The van der Waals surface area contributed by atoms with Crippen LogP contribution in [0.4, 0.5) is 0 Å². The molecule has 1 amide bonds. The van der Waals surface area contributed by atoms with Crippen LogP contribution in [0.5, 0.6) is 5.75 Å². The third-order valence-corrected chi connectivity index (χ3v) is 5.87. The molecule has 6 heteroatoms. The van der Waals surface area contributed by atoms with Crippen LogP contribution in [0.15, 0.2) is 36.7 Å². The normalized spacial score (nSPS) is 18.9. The molecule has 0 radical (unpaired) electrons. The molecule has 0 N–H and O–H groups in total. The Balaban J connectivity index is 0.00000124. The summed E-state index contributed by atoms with van der Waals surface area (Å²) in [7, 11) is 0. The maximum absolute atomic E-state index is 12.5. The van der Waals surface area contributed by atoms with Crippen molar-refractivity contribution in [3.05, 3.63) is 42.2 Å². The van der Waals surface area contributed by atoms with Crippen molar-refractivity contribution in [1.82, 2.24) is 19.6 Å². The van der Waals surface area contributed by atoms with E-state index in [-0.39, 0.29) is 5.91 Å². The third kappa shape index (κ3) is 5.63. The van der Waals surface area contributed by atoms with Gasteiger partial charge in [0.15, 0.2) is 0 Å². The van der Waals surface area contributed by atoms with Gasteiger partial charge in [-0.2, -0.15) is 5.10 Å². The van der Waals surface area contributed by atoms with Crippen molar-refractivity contribution in [2.45, 2.75) is 58.9 Å². The van der Waals surface area contributed by atoms with Gasteiger partial charge >= 0.3 is 0 Å². The van der Waals surface area contributed by atoms with Crippen LogP contribution >= 0.6 is 0 Å². The number of carbonyl (C=O) groups excluding carboxylic acids is 1. The second kappa shape index (κ2) is 11.2. The smallest absolute Gasteiger partial charge is 0.257 e. The number of carbonyl (C=O) groups is 1. The molecule has 2 aliphatic heterocycles. The number of rotatable bonds is 7. The van der Waals surface area contributed by atoms with E-state index in [4.69, 9.17) is 4.74 Å². The molecule has 6 nitrogen and oxygen atoms in total. The summed E-state index contributed by atoms with van der Waals surface area (Å²) < 4.78 is 7.64. The van der Waals surface area contributed by atoms with E-state index in [1.165, 1.54) is 19.4 Å². The number of aromatic nitrogens is 2. The number of hydrogen-bond donors (Lipinski definition) is 0. The van der Waals surface area contributed by atoms with E-state index in [1.807, 2.05) is 49.2 Å². The van der Waals surface area contributed by atoms with Crippen LogP contribution in [-0.4, -0.2) is 64.3 Å². The Kier molecular flexibility index (Phi) is 8.31. The molecule has 2 aromatic rings. The summed E-state index contributed by atoms with van der Waals surface area (Å²) in [5.74, 6) is 0.953. The van der Waals surface area contributed by atoms with Gasteiger partial charge in [-0.15, -0.1) is 0 Å². The van der Waals surface area contributed by atoms with Gasteiger partial charge in [-0.05, 0) is 69.8 Å². The third-order valence-electron chi connectivity index (χ3n) is 5.87. The molecule has 0 bridgehead atoms. The molecule has 2 aliphatic rings. The van der Waals surface area contributed by atoms with Crippen molar-refractivity contribution in [2.24, 2.45) is 0 Å². The van der Waals surface area contributed by atoms with E-state index in [0.29, 0.717) is 5.56 Å². The second-order valence-electron chi connectivity index (χ2n) is 7.90. The van der Waals surface area contributed by atoms with E-state index in [0.717, 1.165) is 63.0 Å².